The molecule has 0 aliphatic carbocycles. The molecule has 1 aliphatic rings. The number of hydrogen-bond donors (Lipinski definition) is 1. The Balaban J connectivity index is 1.91. The Bertz CT molecular complexity index is 1030. The summed E-state index contributed by atoms with van der Waals surface area (Å²) < 4.78 is 1.80. The van der Waals surface area contributed by atoms with Gasteiger partial charge in [-0.05, 0) is 31.2 Å². The minimum atomic E-state index is -0.591. The Hall–Kier alpha value is -3.76. The normalized spacial score (nSPS) is 14.8. The summed E-state index contributed by atoms with van der Waals surface area (Å²) in [4.78, 5) is 51.3. The van der Waals surface area contributed by atoms with Crippen LogP contribution in [0.15, 0.2) is 24.4 Å². The fraction of sp³-hybridized carbons (Fsp3) is 0.500. The van der Waals surface area contributed by atoms with Gasteiger partial charge in [0.1, 0.15) is 18.0 Å². The zero-order valence-corrected chi connectivity index (χ0v) is 20.5. The van der Waals surface area contributed by atoms with Crippen LogP contribution in [0.3, 0.4) is 0 Å². The number of carbonyl (C=O) groups excluding carboxylic acids is 4. The fourth-order valence-corrected chi connectivity index (χ4v) is 4.52. The third-order valence-corrected chi connectivity index (χ3v) is 6.54. The maximum Gasteiger partial charge on any atom is 0.242 e. The van der Waals surface area contributed by atoms with Gasteiger partial charge in [0.25, 0.3) is 0 Å². The van der Waals surface area contributed by atoms with Crippen LogP contribution >= 0.6 is 0 Å². The fourth-order valence-electron chi connectivity index (χ4n) is 4.52. The number of hydrogen-bond acceptors (Lipinski definition) is 7. The van der Waals surface area contributed by atoms with Gasteiger partial charge in [-0.3, -0.25) is 19.1 Å². The highest BCUT2D eigenvalue weighted by atomic mass is 16.2. The first kappa shape index (κ1) is 25.9. The smallest absolute Gasteiger partial charge is 0.242 e. The van der Waals surface area contributed by atoms with Crippen LogP contribution in [0.5, 0.6) is 0 Å². The molecular weight excluding hydrogens is 450 g/mol. The summed E-state index contributed by atoms with van der Waals surface area (Å²) in [5.74, 6) is 0.188. The summed E-state index contributed by atoms with van der Waals surface area (Å²) in [5.41, 5.74) is 2.57. The molecule has 1 atom stereocenters. The molecular formula is C24H33N7O4. The van der Waals surface area contributed by atoms with Gasteiger partial charge in [-0.1, -0.05) is 17.3 Å². The zero-order chi connectivity index (χ0) is 25.4. The van der Waals surface area contributed by atoms with Gasteiger partial charge in [-0.2, -0.15) is 0 Å². The number of nitrogens with one attached hydrogen (secondary N) is 1. The molecule has 2 aromatic rings. The van der Waals surface area contributed by atoms with E-state index in [1.807, 2.05) is 24.4 Å². The second kappa shape index (κ2) is 12.1. The topological polar surface area (TPSA) is 121 Å². The third kappa shape index (κ3) is 6.03. The molecule has 0 spiro atoms. The highest BCUT2D eigenvalue weighted by molar-refractivity contribution is 5.95. The lowest BCUT2D eigenvalue weighted by Gasteiger charge is -2.32. The molecule has 1 saturated heterocycles. The predicted octanol–water partition coefficient (Wildman–Crippen LogP) is 0.936. The van der Waals surface area contributed by atoms with Crippen molar-refractivity contribution in [3.8, 4) is 11.3 Å². The summed E-state index contributed by atoms with van der Waals surface area (Å²) >= 11 is 0. The zero-order valence-electron chi connectivity index (χ0n) is 20.5. The van der Waals surface area contributed by atoms with Crippen LogP contribution in [-0.2, 0) is 25.7 Å². The summed E-state index contributed by atoms with van der Waals surface area (Å²) in [6.07, 6.45) is 6.66. The molecule has 0 saturated carbocycles. The number of aromatic nitrogens is 3. The van der Waals surface area contributed by atoms with Crippen molar-refractivity contribution in [2.24, 2.45) is 5.92 Å². The van der Waals surface area contributed by atoms with Crippen LogP contribution in [0, 0.1) is 5.92 Å². The molecule has 1 unspecified atom stereocenters. The highest BCUT2D eigenvalue weighted by Crippen LogP contribution is 2.38. The van der Waals surface area contributed by atoms with Crippen LogP contribution < -0.4 is 15.1 Å². The number of carbonyl (C=O) groups is 4. The Kier molecular flexibility index (Phi) is 8.93. The SMILES string of the molecule is CNC(=O)C(CCC=O)N(C)c1cccc(-c2cn(CC3CCN(C=O)CC3)nn2)c1N(C)C=O. The number of rotatable bonds is 12. The first-order valence-corrected chi connectivity index (χ1v) is 11.7. The van der Waals surface area contributed by atoms with Gasteiger partial charge in [0, 0.05) is 52.8 Å². The molecule has 3 amide bonds. The number of para-hydroxylation sites is 1. The molecule has 1 aliphatic heterocycles. The van der Waals surface area contributed by atoms with Gasteiger partial charge in [-0.25, -0.2) is 0 Å². The monoisotopic (exact) mass is 483 g/mol. The number of aldehydes is 1. The van der Waals surface area contributed by atoms with Crippen LogP contribution in [0.1, 0.15) is 25.7 Å². The van der Waals surface area contributed by atoms with E-state index in [9.17, 15) is 19.2 Å². The quantitative estimate of drug-likeness (QED) is 0.446. The lowest BCUT2D eigenvalue weighted by atomic mass is 9.97. The summed E-state index contributed by atoms with van der Waals surface area (Å²) in [6.45, 7) is 2.19. The molecule has 1 fully saturated rings. The van der Waals surface area contributed by atoms with Crippen molar-refractivity contribution in [2.45, 2.75) is 38.3 Å². The molecule has 1 aromatic heterocycles. The highest BCUT2D eigenvalue weighted by Gasteiger charge is 2.27. The van der Waals surface area contributed by atoms with Crippen molar-refractivity contribution in [1.29, 1.82) is 0 Å². The van der Waals surface area contributed by atoms with E-state index >= 15 is 0 Å². The number of nitrogens with zero attached hydrogens (tertiary/aromatic N) is 6. The Morgan fingerprint density at radius 1 is 1.23 bits per heavy atom. The van der Waals surface area contributed by atoms with Gasteiger partial charge in [-0.15, -0.1) is 5.10 Å². The van der Waals surface area contributed by atoms with Crippen molar-refractivity contribution >= 4 is 36.4 Å². The first-order valence-electron chi connectivity index (χ1n) is 11.7. The lowest BCUT2D eigenvalue weighted by Crippen LogP contribution is -2.44. The van der Waals surface area contributed by atoms with Gasteiger partial charge >= 0.3 is 0 Å². The van der Waals surface area contributed by atoms with E-state index in [0.29, 0.717) is 47.9 Å². The second-order valence-corrected chi connectivity index (χ2v) is 8.79. The van der Waals surface area contributed by atoms with Crippen molar-refractivity contribution in [3.05, 3.63) is 24.4 Å². The number of likely N-dealkylation sites (tertiary alicyclic amines) is 1. The number of piperidine rings is 1. The average molecular weight is 484 g/mol. The third-order valence-electron chi connectivity index (χ3n) is 6.54. The van der Waals surface area contributed by atoms with E-state index in [1.165, 1.54) is 4.90 Å². The second-order valence-electron chi connectivity index (χ2n) is 8.79. The van der Waals surface area contributed by atoms with Gasteiger partial charge in [0.15, 0.2) is 0 Å². The van der Waals surface area contributed by atoms with Crippen molar-refractivity contribution in [2.75, 3.05) is 44.0 Å². The summed E-state index contributed by atoms with van der Waals surface area (Å²) in [6, 6.07) is 4.95. The Morgan fingerprint density at radius 2 is 1.97 bits per heavy atom. The van der Waals surface area contributed by atoms with E-state index in [1.54, 1.807) is 35.6 Å². The predicted molar refractivity (Wildman–Crippen MR) is 132 cm³/mol. The van der Waals surface area contributed by atoms with Gasteiger partial charge in [0.05, 0.1) is 17.6 Å². The molecule has 3 rings (SSSR count). The molecule has 0 bridgehead atoms. The molecule has 0 radical (unpaired) electrons. The lowest BCUT2D eigenvalue weighted by molar-refractivity contribution is -0.122. The van der Waals surface area contributed by atoms with Crippen LogP contribution in [-0.4, -0.2) is 85.2 Å². The number of amides is 3. The molecule has 1 aromatic carbocycles. The molecule has 188 valence electrons. The minimum Gasteiger partial charge on any atom is -0.361 e. The molecule has 35 heavy (non-hydrogen) atoms. The van der Waals surface area contributed by atoms with Crippen molar-refractivity contribution < 1.29 is 19.2 Å². The van der Waals surface area contributed by atoms with E-state index in [2.05, 4.69) is 15.6 Å². The largest absolute Gasteiger partial charge is 0.361 e. The van der Waals surface area contributed by atoms with E-state index < -0.39 is 6.04 Å². The molecule has 11 heteroatoms. The maximum absolute atomic E-state index is 12.6. The molecule has 11 nitrogen and oxygen atoms in total. The van der Waals surface area contributed by atoms with Crippen molar-refractivity contribution in [3.63, 3.8) is 0 Å². The van der Waals surface area contributed by atoms with Crippen LogP contribution in [0.4, 0.5) is 11.4 Å². The van der Waals surface area contributed by atoms with Crippen molar-refractivity contribution in [1.82, 2.24) is 25.2 Å². The summed E-state index contributed by atoms with van der Waals surface area (Å²) in [7, 11) is 4.98. The van der Waals surface area contributed by atoms with E-state index in [4.69, 9.17) is 0 Å². The Morgan fingerprint density at radius 3 is 2.60 bits per heavy atom. The van der Waals surface area contributed by atoms with E-state index in [-0.39, 0.29) is 12.3 Å². The standard InChI is InChI=1S/C24H33N7O4/c1-25-24(35)22(8-5-13-32)29(3)21-7-4-6-19(23(21)28(2)16-33)20-15-31(27-26-20)14-18-9-11-30(17-34)12-10-18/h4,6-7,13,15-18,22H,5,8-12,14H2,1-3H3,(H,25,35). The number of benzene rings is 1. The average Bonchev–Trinajstić information content (AvgIpc) is 3.36. The number of anilines is 2. The van der Waals surface area contributed by atoms with E-state index in [0.717, 1.165) is 38.6 Å². The number of likely N-dealkylation sites (N-methyl/N-ethyl adjacent to an activating group) is 2. The molecule has 1 N–H and O–H groups in total. The van der Waals surface area contributed by atoms with Crippen LogP contribution in [0.2, 0.25) is 0 Å². The summed E-state index contributed by atoms with van der Waals surface area (Å²) in [5, 5.41) is 11.3. The van der Waals surface area contributed by atoms with Crippen LogP contribution in [0.25, 0.3) is 11.3 Å². The first-order chi connectivity index (χ1) is 16.9. The minimum absolute atomic E-state index is 0.217. The molecule has 2 heterocycles. The van der Waals surface area contributed by atoms with Gasteiger partial charge in [0.2, 0.25) is 18.7 Å². The van der Waals surface area contributed by atoms with Gasteiger partial charge < -0.3 is 24.8 Å². The Labute approximate surface area is 205 Å². The maximum atomic E-state index is 12.6.